The van der Waals surface area contributed by atoms with Gasteiger partial charge in [-0.05, 0) is 24.1 Å². The average molecular weight is 337 g/mol. The topological polar surface area (TPSA) is 78.8 Å². The molecule has 0 heterocycles. The lowest BCUT2D eigenvalue weighted by molar-refractivity contribution is -0.134. The first kappa shape index (κ1) is 20.5. The maximum absolute atomic E-state index is 11.8. The van der Waals surface area contributed by atoms with Gasteiger partial charge >= 0.3 is 5.97 Å². The molecule has 5 heteroatoms. The first-order valence-corrected chi connectivity index (χ1v) is 8.89. The van der Waals surface area contributed by atoms with E-state index in [-0.39, 0.29) is 23.5 Å². The standard InChI is InChI=1S/C19H31NO4/c1-4-5-6-7-8-9-19(23)24-18-11-10-15(12-16(18)21)17(22)13-20-14(2)3/h10-12,14,17,20-22H,4-9,13H2,1-3H3. The zero-order chi connectivity index (χ0) is 17.9. The quantitative estimate of drug-likeness (QED) is 0.326. The molecule has 1 aromatic carbocycles. The van der Waals surface area contributed by atoms with E-state index in [4.69, 9.17) is 4.74 Å². The predicted octanol–water partition coefficient (Wildman–Crippen LogP) is 3.69. The molecule has 0 amide bonds. The number of esters is 1. The number of aliphatic hydroxyl groups excluding tert-OH is 1. The summed E-state index contributed by atoms with van der Waals surface area (Å²) in [6.07, 6.45) is 4.94. The van der Waals surface area contributed by atoms with E-state index in [1.54, 1.807) is 6.07 Å². The molecule has 1 unspecified atom stereocenters. The first-order valence-electron chi connectivity index (χ1n) is 8.89. The fourth-order valence-corrected chi connectivity index (χ4v) is 2.34. The van der Waals surface area contributed by atoms with Gasteiger partial charge < -0.3 is 20.3 Å². The van der Waals surface area contributed by atoms with Gasteiger partial charge in [0.05, 0.1) is 6.10 Å². The molecule has 1 rings (SSSR count). The number of hydrogen-bond donors (Lipinski definition) is 3. The molecule has 0 fully saturated rings. The minimum atomic E-state index is -0.721. The van der Waals surface area contributed by atoms with Gasteiger partial charge in [0.25, 0.3) is 0 Å². The van der Waals surface area contributed by atoms with Gasteiger partial charge in [-0.15, -0.1) is 0 Å². The van der Waals surface area contributed by atoms with E-state index in [1.807, 2.05) is 13.8 Å². The molecule has 0 aliphatic heterocycles. The summed E-state index contributed by atoms with van der Waals surface area (Å²) in [6, 6.07) is 4.90. The van der Waals surface area contributed by atoms with Crippen molar-refractivity contribution in [1.29, 1.82) is 0 Å². The van der Waals surface area contributed by atoms with E-state index in [1.165, 1.54) is 25.0 Å². The molecule has 0 saturated carbocycles. The van der Waals surface area contributed by atoms with Crippen molar-refractivity contribution < 1.29 is 19.7 Å². The number of hydrogen-bond acceptors (Lipinski definition) is 5. The Morgan fingerprint density at radius 1 is 1.21 bits per heavy atom. The van der Waals surface area contributed by atoms with Crippen LogP contribution in [0, 0.1) is 0 Å². The zero-order valence-corrected chi connectivity index (χ0v) is 15.0. The van der Waals surface area contributed by atoms with Gasteiger partial charge in [0.2, 0.25) is 0 Å². The molecule has 0 saturated heterocycles. The third kappa shape index (κ3) is 7.79. The van der Waals surface area contributed by atoms with Crippen LogP contribution in [0.15, 0.2) is 18.2 Å². The molecule has 1 aromatic rings. The number of benzene rings is 1. The van der Waals surface area contributed by atoms with Crippen molar-refractivity contribution in [3.8, 4) is 11.5 Å². The third-order valence-electron chi connectivity index (χ3n) is 3.80. The van der Waals surface area contributed by atoms with E-state index in [0.717, 1.165) is 19.3 Å². The number of carbonyl (C=O) groups excluding carboxylic acids is 1. The summed E-state index contributed by atoms with van der Waals surface area (Å²) in [5, 5.41) is 23.2. The summed E-state index contributed by atoms with van der Waals surface area (Å²) in [6.45, 7) is 6.54. The Labute approximate surface area is 145 Å². The zero-order valence-electron chi connectivity index (χ0n) is 15.0. The predicted molar refractivity (Wildman–Crippen MR) is 95.2 cm³/mol. The summed E-state index contributed by atoms with van der Waals surface area (Å²) in [5.74, 6) is -0.326. The minimum Gasteiger partial charge on any atom is -0.504 e. The van der Waals surface area contributed by atoms with Crippen LogP contribution < -0.4 is 10.1 Å². The molecule has 0 aromatic heterocycles. The Bertz CT molecular complexity index is 502. The molecule has 0 spiro atoms. The van der Waals surface area contributed by atoms with Crippen molar-refractivity contribution in [2.45, 2.75) is 71.4 Å². The molecule has 3 N–H and O–H groups in total. The van der Waals surface area contributed by atoms with E-state index in [2.05, 4.69) is 12.2 Å². The number of aromatic hydroxyl groups is 1. The molecular formula is C19H31NO4. The van der Waals surface area contributed by atoms with E-state index >= 15 is 0 Å². The number of carbonyl (C=O) groups is 1. The van der Waals surface area contributed by atoms with Crippen LogP contribution >= 0.6 is 0 Å². The Kier molecular flexibility index (Phi) is 9.42. The van der Waals surface area contributed by atoms with Gasteiger partial charge in [-0.2, -0.15) is 0 Å². The van der Waals surface area contributed by atoms with Gasteiger partial charge in [0.15, 0.2) is 11.5 Å². The Hall–Kier alpha value is -1.59. The van der Waals surface area contributed by atoms with Crippen LogP contribution in [0.3, 0.4) is 0 Å². The van der Waals surface area contributed by atoms with E-state index < -0.39 is 6.10 Å². The summed E-state index contributed by atoms with van der Waals surface area (Å²) in [7, 11) is 0. The largest absolute Gasteiger partial charge is 0.504 e. The summed E-state index contributed by atoms with van der Waals surface area (Å²) in [4.78, 5) is 11.8. The van der Waals surface area contributed by atoms with Crippen LogP contribution in [-0.2, 0) is 4.79 Å². The van der Waals surface area contributed by atoms with Gasteiger partial charge in [-0.25, -0.2) is 0 Å². The van der Waals surface area contributed by atoms with Crippen molar-refractivity contribution >= 4 is 5.97 Å². The maximum atomic E-state index is 11.8. The second-order valence-electron chi connectivity index (χ2n) is 6.44. The molecule has 0 bridgehead atoms. The Morgan fingerprint density at radius 2 is 1.92 bits per heavy atom. The molecule has 1 atom stereocenters. The molecule has 0 aliphatic carbocycles. The van der Waals surface area contributed by atoms with E-state index in [9.17, 15) is 15.0 Å². The maximum Gasteiger partial charge on any atom is 0.311 e. The van der Waals surface area contributed by atoms with Crippen LogP contribution in [0.4, 0.5) is 0 Å². The molecule has 0 radical (unpaired) electrons. The highest BCUT2D eigenvalue weighted by molar-refractivity contribution is 5.73. The van der Waals surface area contributed by atoms with Crippen molar-refractivity contribution in [1.82, 2.24) is 5.32 Å². The number of ether oxygens (including phenoxy) is 1. The van der Waals surface area contributed by atoms with Gasteiger partial charge in [-0.3, -0.25) is 4.79 Å². The lowest BCUT2D eigenvalue weighted by Gasteiger charge is -2.15. The van der Waals surface area contributed by atoms with Gasteiger partial charge in [0.1, 0.15) is 0 Å². The van der Waals surface area contributed by atoms with Crippen LogP contribution in [-0.4, -0.2) is 28.8 Å². The monoisotopic (exact) mass is 337 g/mol. The highest BCUT2D eigenvalue weighted by Crippen LogP contribution is 2.29. The second-order valence-corrected chi connectivity index (χ2v) is 6.44. The summed E-state index contributed by atoms with van der Waals surface area (Å²) in [5.41, 5.74) is 0.583. The van der Waals surface area contributed by atoms with Gasteiger partial charge in [-0.1, -0.05) is 52.5 Å². The number of aliphatic hydroxyl groups is 1. The van der Waals surface area contributed by atoms with Crippen LogP contribution in [0.2, 0.25) is 0 Å². The number of nitrogens with one attached hydrogen (secondary N) is 1. The van der Waals surface area contributed by atoms with E-state index in [0.29, 0.717) is 18.5 Å². The Balaban J connectivity index is 2.47. The second kappa shape index (κ2) is 11.0. The molecular weight excluding hydrogens is 306 g/mol. The molecule has 5 nitrogen and oxygen atoms in total. The normalized spacial score (nSPS) is 12.4. The highest BCUT2D eigenvalue weighted by Gasteiger charge is 2.13. The van der Waals surface area contributed by atoms with Crippen molar-refractivity contribution in [2.24, 2.45) is 0 Å². The van der Waals surface area contributed by atoms with Crippen LogP contribution in [0.5, 0.6) is 11.5 Å². The Morgan fingerprint density at radius 3 is 2.54 bits per heavy atom. The minimum absolute atomic E-state index is 0.129. The number of phenols is 1. The summed E-state index contributed by atoms with van der Waals surface area (Å²) < 4.78 is 5.20. The summed E-state index contributed by atoms with van der Waals surface area (Å²) >= 11 is 0. The fourth-order valence-electron chi connectivity index (χ4n) is 2.34. The van der Waals surface area contributed by atoms with Crippen molar-refractivity contribution in [3.05, 3.63) is 23.8 Å². The molecule has 24 heavy (non-hydrogen) atoms. The average Bonchev–Trinajstić information content (AvgIpc) is 2.54. The van der Waals surface area contributed by atoms with Crippen molar-refractivity contribution in [3.63, 3.8) is 0 Å². The SMILES string of the molecule is CCCCCCCC(=O)Oc1ccc(C(O)CNC(C)C)cc1O. The first-order chi connectivity index (χ1) is 11.4. The molecule has 0 aliphatic rings. The fraction of sp³-hybridized carbons (Fsp3) is 0.632. The smallest absolute Gasteiger partial charge is 0.311 e. The highest BCUT2D eigenvalue weighted by atomic mass is 16.5. The van der Waals surface area contributed by atoms with Gasteiger partial charge in [0, 0.05) is 19.0 Å². The van der Waals surface area contributed by atoms with Crippen LogP contribution in [0.1, 0.15) is 71.0 Å². The lowest BCUT2D eigenvalue weighted by Crippen LogP contribution is -2.27. The number of unbranched alkanes of at least 4 members (excludes halogenated alkanes) is 4. The van der Waals surface area contributed by atoms with Crippen LogP contribution in [0.25, 0.3) is 0 Å². The number of rotatable bonds is 11. The lowest BCUT2D eigenvalue weighted by atomic mass is 10.1. The number of phenolic OH excluding ortho intramolecular Hbond substituents is 1. The molecule has 136 valence electrons. The third-order valence-corrected chi connectivity index (χ3v) is 3.80. The van der Waals surface area contributed by atoms with Crippen molar-refractivity contribution in [2.75, 3.05) is 6.54 Å².